The van der Waals surface area contributed by atoms with Gasteiger partial charge in [0.2, 0.25) is 47.3 Å². The van der Waals surface area contributed by atoms with Gasteiger partial charge in [-0.2, -0.15) is 0 Å². The number of hydrogen-bond donors (Lipinski definition) is 13. The molecule has 1 aliphatic heterocycles. The first-order chi connectivity index (χ1) is 31.0. The maximum absolute atomic E-state index is 14.1. The van der Waals surface area contributed by atoms with E-state index < -0.39 is 133 Å². The van der Waals surface area contributed by atoms with Crippen LogP contribution in [0.5, 0.6) is 11.5 Å². The minimum absolute atomic E-state index is 0.0209. The van der Waals surface area contributed by atoms with Crippen LogP contribution in [0.3, 0.4) is 0 Å². The highest BCUT2D eigenvalue weighted by molar-refractivity contribution is 5.99. The minimum Gasteiger partial charge on any atom is -0.508 e. The Morgan fingerprint density at radius 1 is 0.636 bits per heavy atom. The molecule has 2 aromatic carbocycles. The van der Waals surface area contributed by atoms with E-state index in [9.17, 15) is 73.5 Å². The molecule has 0 saturated carbocycles. The predicted molar refractivity (Wildman–Crippen MR) is 229 cm³/mol. The van der Waals surface area contributed by atoms with Gasteiger partial charge in [0.25, 0.3) is 0 Å². The van der Waals surface area contributed by atoms with Gasteiger partial charge < -0.3 is 73.8 Å². The van der Waals surface area contributed by atoms with Crippen LogP contribution in [0.15, 0.2) is 48.5 Å². The monoisotopic (exact) mass is 927 g/mol. The molecule has 8 amide bonds. The number of aliphatic carboxylic acids is 2. The van der Waals surface area contributed by atoms with Gasteiger partial charge in [-0.1, -0.05) is 38.1 Å². The third-order valence-electron chi connectivity index (χ3n) is 10.4. The molecule has 0 unspecified atom stereocenters. The zero-order valence-electron chi connectivity index (χ0n) is 36.4. The molecule has 1 aliphatic rings. The second kappa shape index (κ2) is 24.6. The van der Waals surface area contributed by atoms with Crippen molar-refractivity contribution in [3.8, 4) is 11.5 Å². The van der Waals surface area contributed by atoms with E-state index in [2.05, 4.69) is 31.9 Å². The highest BCUT2D eigenvalue weighted by Gasteiger charge is 2.41. The summed E-state index contributed by atoms with van der Waals surface area (Å²) < 4.78 is 0. The molecule has 360 valence electrons. The number of carbonyl (C=O) groups is 10. The number of aromatic hydroxyl groups is 2. The van der Waals surface area contributed by atoms with E-state index in [0.29, 0.717) is 11.1 Å². The molecule has 1 fully saturated rings. The number of benzene rings is 2. The van der Waals surface area contributed by atoms with Gasteiger partial charge in [-0.3, -0.25) is 47.9 Å². The number of likely N-dealkylation sites (tertiary alicyclic amines) is 1. The summed E-state index contributed by atoms with van der Waals surface area (Å²) >= 11 is 0. The molecule has 1 heterocycles. The molecular formula is C42H57N9O15. The summed E-state index contributed by atoms with van der Waals surface area (Å²) in [6, 6.07) is -0.600. The molecule has 24 nitrogen and oxygen atoms in total. The van der Waals surface area contributed by atoms with E-state index >= 15 is 0 Å². The maximum atomic E-state index is 14.1. The molecule has 66 heavy (non-hydrogen) atoms. The highest BCUT2D eigenvalue weighted by atomic mass is 16.4. The lowest BCUT2D eigenvalue weighted by Crippen LogP contribution is -2.61. The minimum atomic E-state index is -1.84. The molecule has 8 atom stereocenters. The first-order valence-electron chi connectivity index (χ1n) is 20.8. The lowest BCUT2D eigenvalue weighted by Gasteiger charge is -2.32. The van der Waals surface area contributed by atoms with Crippen molar-refractivity contribution in [2.75, 3.05) is 13.2 Å². The standard InChI is InChI=1S/C42H57N9O15/c1-20(2)34(50-40(64)29(18-33(57)58)46-37(61)26(43)15-22-6-10-24(53)11-7-22)42(66)51-14-4-5-31(51)41(65)48-28(17-32(55)56)39(63)47-27(16-23-8-12-25(54)13-9-23)38(62)45-21(3)36(60)49-30(19-52)35(44)59/h6-13,20-21,26-31,34,52-54H,4-5,14-19,43H2,1-3H3,(H2,44,59)(H,45,62)(H,46,61)(H,47,63)(H,48,65)(H,49,60)(H,50,64)(H,55,56)(H,57,58)/t21-,26-,27-,28-,29-,30-,31-,34-/m0/s1. The second-order valence-electron chi connectivity index (χ2n) is 16.0. The lowest BCUT2D eigenvalue weighted by molar-refractivity contribution is -0.145. The Balaban J connectivity index is 1.79. The highest BCUT2D eigenvalue weighted by Crippen LogP contribution is 2.21. The summed E-state index contributed by atoms with van der Waals surface area (Å²) in [7, 11) is 0. The van der Waals surface area contributed by atoms with Gasteiger partial charge in [-0.15, -0.1) is 0 Å². The van der Waals surface area contributed by atoms with Gasteiger partial charge in [-0.05, 0) is 67.5 Å². The molecule has 2 aromatic rings. The summed E-state index contributed by atoms with van der Waals surface area (Å²) in [6.45, 7) is 3.49. The fraction of sp³-hybridized carbons (Fsp3) is 0.476. The molecule has 0 spiro atoms. The third-order valence-corrected chi connectivity index (χ3v) is 10.4. The first-order valence-corrected chi connectivity index (χ1v) is 20.8. The number of amides is 8. The number of aliphatic hydroxyl groups excluding tert-OH is 1. The van der Waals surface area contributed by atoms with Gasteiger partial charge >= 0.3 is 11.9 Å². The third kappa shape index (κ3) is 16.0. The van der Waals surface area contributed by atoms with Gasteiger partial charge in [0.1, 0.15) is 53.8 Å². The quantitative estimate of drug-likeness (QED) is 0.0480. The van der Waals surface area contributed by atoms with E-state index in [1.807, 2.05) is 0 Å². The van der Waals surface area contributed by atoms with Gasteiger partial charge in [-0.25, -0.2) is 0 Å². The van der Waals surface area contributed by atoms with Crippen molar-refractivity contribution in [2.24, 2.45) is 17.4 Å². The molecule has 15 N–H and O–H groups in total. The number of carboxylic acids is 2. The summed E-state index contributed by atoms with van der Waals surface area (Å²) in [6.07, 6.45) is -1.91. The number of aliphatic hydroxyl groups is 1. The molecule has 0 bridgehead atoms. The van der Waals surface area contributed by atoms with E-state index in [-0.39, 0.29) is 43.7 Å². The predicted octanol–water partition coefficient (Wildman–Crippen LogP) is -3.79. The summed E-state index contributed by atoms with van der Waals surface area (Å²) in [4.78, 5) is 131. The number of phenolic OH excluding ortho intramolecular Hbond substituents is 2. The number of carbonyl (C=O) groups excluding carboxylic acids is 8. The number of primary amides is 1. The number of nitrogens with zero attached hydrogens (tertiary/aromatic N) is 1. The first kappa shape index (κ1) is 53.0. The summed E-state index contributed by atoms with van der Waals surface area (Å²) in [5.41, 5.74) is 12.1. The smallest absolute Gasteiger partial charge is 0.305 e. The normalized spacial score (nSPS) is 16.5. The number of nitrogens with one attached hydrogen (secondary N) is 6. The number of phenols is 2. The van der Waals surface area contributed by atoms with Crippen molar-refractivity contribution in [1.29, 1.82) is 0 Å². The summed E-state index contributed by atoms with van der Waals surface area (Å²) in [5, 5.41) is 61.9. The van der Waals surface area contributed by atoms with Gasteiger partial charge in [0.15, 0.2) is 0 Å². The Hall–Kier alpha value is -7.34. The molecular weight excluding hydrogens is 871 g/mol. The Labute approximate surface area is 378 Å². The molecule has 1 saturated heterocycles. The largest absolute Gasteiger partial charge is 0.508 e. The van der Waals surface area contributed by atoms with Crippen molar-refractivity contribution in [2.45, 2.75) is 108 Å². The Morgan fingerprint density at radius 3 is 1.61 bits per heavy atom. The summed E-state index contributed by atoms with van der Waals surface area (Å²) in [5.74, 6) is -11.6. The van der Waals surface area contributed by atoms with Gasteiger partial charge in [0, 0.05) is 13.0 Å². The van der Waals surface area contributed by atoms with Crippen molar-refractivity contribution >= 4 is 59.2 Å². The Morgan fingerprint density at radius 2 is 1.11 bits per heavy atom. The Kier molecular flexibility index (Phi) is 19.8. The molecule has 0 aliphatic carbocycles. The van der Waals surface area contributed by atoms with Crippen molar-refractivity contribution < 1.29 is 73.5 Å². The fourth-order valence-corrected chi connectivity index (χ4v) is 6.77. The average Bonchev–Trinajstić information content (AvgIpc) is 3.75. The van der Waals surface area contributed by atoms with Crippen molar-refractivity contribution in [3.63, 3.8) is 0 Å². The molecule has 0 radical (unpaired) electrons. The van der Waals surface area contributed by atoms with E-state index in [1.165, 1.54) is 55.5 Å². The lowest BCUT2D eigenvalue weighted by atomic mass is 10.0. The van der Waals surface area contributed by atoms with Crippen LogP contribution in [0.4, 0.5) is 0 Å². The number of carboxylic acid groups (broad SMARTS) is 2. The van der Waals surface area contributed by atoms with Crippen LogP contribution in [0.1, 0.15) is 57.6 Å². The number of rotatable bonds is 24. The zero-order chi connectivity index (χ0) is 49.4. The zero-order valence-corrected chi connectivity index (χ0v) is 36.4. The topological polar surface area (TPSA) is 399 Å². The van der Waals surface area contributed by atoms with Crippen LogP contribution >= 0.6 is 0 Å². The van der Waals surface area contributed by atoms with Crippen molar-refractivity contribution in [3.05, 3.63) is 59.7 Å². The van der Waals surface area contributed by atoms with Crippen LogP contribution in [-0.2, 0) is 60.8 Å². The molecule has 0 aromatic heterocycles. The van der Waals surface area contributed by atoms with Crippen LogP contribution in [-0.4, -0.2) is 151 Å². The van der Waals surface area contributed by atoms with Crippen LogP contribution in [0.2, 0.25) is 0 Å². The van der Waals surface area contributed by atoms with Crippen LogP contribution in [0, 0.1) is 5.92 Å². The fourth-order valence-electron chi connectivity index (χ4n) is 6.77. The number of nitrogens with two attached hydrogens (primary N) is 2. The second-order valence-corrected chi connectivity index (χ2v) is 16.0. The van der Waals surface area contributed by atoms with Gasteiger partial charge in [0.05, 0.1) is 25.5 Å². The van der Waals surface area contributed by atoms with Crippen LogP contribution in [0.25, 0.3) is 0 Å². The van der Waals surface area contributed by atoms with Crippen LogP contribution < -0.4 is 43.4 Å². The SMILES string of the molecule is CC(C)[C@H](NC(=O)[C@H](CC(=O)O)NC(=O)[C@@H](N)Cc1ccc(O)cc1)C(=O)N1CCC[C@H]1C(=O)N[C@@H](CC(=O)O)C(=O)N[C@@H](Cc1ccc(O)cc1)C(=O)N[C@@H](C)C(=O)N[C@@H](CO)C(N)=O. The van der Waals surface area contributed by atoms with E-state index in [4.69, 9.17) is 11.5 Å². The van der Waals surface area contributed by atoms with Crippen molar-refractivity contribution in [1.82, 2.24) is 36.8 Å². The maximum Gasteiger partial charge on any atom is 0.305 e. The Bertz CT molecular complexity index is 2100. The average molecular weight is 928 g/mol. The number of hydrogen-bond acceptors (Lipinski definition) is 14. The van der Waals surface area contributed by atoms with E-state index in [1.54, 1.807) is 13.8 Å². The van der Waals surface area contributed by atoms with E-state index in [0.717, 1.165) is 4.90 Å². The molecule has 3 rings (SSSR count). The molecule has 24 heteroatoms.